The second kappa shape index (κ2) is 8.23. The quantitative estimate of drug-likeness (QED) is 0.642. The molecule has 3 heterocycles. The van der Waals surface area contributed by atoms with E-state index in [2.05, 4.69) is 10.1 Å². The highest BCUT2D eigenvalue weighted by Gasteiger charge is 2.37. The van der Waals surface area contributed by atoms with E-state index in [9.17, 15) is 9.18 Å². The third kappa shape index (κ3) is 4.37. The van der Waals surface area contributed by atoms with Gasteiger partial charge in [0, 0.05) is 31.0 Å². The van der Waals surface area contributed by atoms with E-state index in [-0.39, 0.29) is 17.8 Å². The van der Waals surface area contributed by atoms with Crippen molar-refractivity contribution < 1.29 is 13.9 Å². The maximum absolute atomic E-state index is 13.7. The fraction of sp³-hybridized carbons (Fsp3) is 0.375. The van der Waals surface area contributed by atoms with Crippen LogP contribution in [0.4, 0.5) is 4.39 Å². The first kappa shape index (κ1) is 21.2. The molecule has 3 aromatic rings. The van der Waals surface area contributed by atoms with Gasteiger partial charge in [0.05, 0.1) is 30.5 Å². The molecule has 1 aliphatic heterocycles. The van der Waals surface area contributed by atoms with Gasteiger partial charge in [-0.2, -0.15) is 5.10 Å². The molecule has 31 heavy (non-hydrogen) atoms. The van der Waals surface area contributed by atoms with Gasteiger partial charge >= 0.3 is 0 Å². The minimum atomic E-state index is -0.842. The second-order valence-electron chi connectivity index (χ2n) is 8.57. The zero-order valence-corrected chi connectivity index (χ0v) is 18.3. The highest BCUT2D eigenvalue weighted by molar-refractivity contribution is 5.87. The monoisotopic (exact) mass is 422 g/mol. The van der Waals surface area contributed by atoms with Crippen molar-refractivity contribution >= 4 is 5.91 Å². The van der Waals surface area contributed by atoms with E-state index in [1.54, 1.807) is 21.7 Å². The Bertz CT molecular complexity index is 1110. The van der Waals surface area contributed by atoms with Gasteiger partial charge in [-0.1, -0.05) is 12.1 Å². The normalized spacial score (nSPS) is 17.1. The largest absolute Gasteiger partial charge is 0.368 e. The van der Waals surface area contributed by atoms with Gasteiger partial charge in [-0.3, -0.25) is 14.5 Å². The van der Waals surface area contributed by atoms with Crippen molar-refractivity contribution in [2.75, 3.05) is 19.7 Å². The standard InChI is InChI=1S/C24H27FN4O2/c1-16-10-17(18-13-26-28(4)14-18)11-21(27-16)22-15-29(8-9-31-22)23(30)24(2,3)19-6-5-7-20(25)12-19/h5-7,10-14,22H,8-9,15H2,1-4H3. The Morgan fingerprint density at radius 1 is 1.23 bits per heavy atom. The van der Waals surface area contributed by atoms with E-state index in [4.69, 9.17) is 4.74 Å². The molecule has 1 amide bonds. The Labute approximate surface area is 181 Å². The summed E-state index contributed by atoms with van der Waals surface area (Å²) in [4.78, 5) is 19.9. The van der Waals surface area contributed by atoms with Gasteiger partial charge in [-0.15, -0.1) is 0 Å². The molecule has 6 nitrogen and oxygen atoms in total. The van der Waals surface area contributed by atoms with Crippen molar-refractivity contribution in [2.45, 2.75) is 32.3 Å². The highest BCUT2D eigenvalue weighted by Crippen LogP contribution is 2.31. The summed E-state index contributed by atoms with van der Waals surface area (Å²) in [5.41, 5.74) is 3.51. The van der Waals surface area contributed by atoms with Crippen LogP contribution in [-0.2, 0) is 22.0 Å². The number of rotatable bonds is 4. The molecule has 0 aliphatic carbocycles. The number of amides is 1. The second-order valence-corrected chi connectivity index (χ2v) is 8.57. The van der Waals surface area contributed by atoms with E-state index in [0.717, 1.165) is 22.5 Å². The number of ether oxygens (including phenoxy) is 1. The van der Waals surface area contributed by atoms with Gasteiger partial charge in [-0.25, -0.2) is 4.39 Å². The molecule has 0 spiro atoms. The lowest BCUT2D eigenvalue weighted by Gasteiger charge is -2.37. The number of pyridine rings is 1. The molecule has 1 saturated heterocycles. The summed E-state index contributed by atoms with van der Waals surface area (Å²) >= 11 is 0. The third-order valence-corrected chi connectivity index (χ3v) is 5.78. The number of hydrogen-bond donors (Lipinski definition) is 0. The van der Waals surface area contributed by atoms with E-state index in [1.165, 1.54) is 12.1 Å². The van der Waals surface area contributed by atoms with Crippen LogP contribution in [-0.4, -0.2) is 45.3 Å². The van der Waals surface area contributed by atoms with E-state index < -0.39 is 5.41 Å². The molecule has 0 bridgehead atoms. The van der Waals surface area contributed by atoms with Gasteiger partial charge < -0.3 is 9.64 Å². The van der Waals surface area contributed by atoms with Crippen molar-refractivity contribution in [3.8, 4) is 11.1 Å². The van der Waals surface area contributed by atoms with Crippen LogP contribution >= 0.6 is 0 Å². The molecule has 162 valence electrons. The third-order valence-electron chi connectivity index (χ3n) is 5.78. The fourth-order valence-corrected chi connectivity index (χ4v) is 4.00. The first-order valence-corrected chi connectivity index (χ1v) is 10.4. The molecule has 1 aromatic carbocycles. The number of carbonyl (C=O) groups is 1. The number of hydrogen-bond acceptors (Lipinski definition) is 4. The van der Waals surface area contributed by atoms with Gasteiger partial charge in [0.2, 0.25) is 5.91 Å². The number of benzene rings is 1. The molecule has 1 fully saturated rings. The van der Waals surface area contributed by atoms with Crippen molar-refractivity contribution in [1.82, 2.24) is 19.7 Å². The molecule has 0 saturated carbocycles. The van der Waals surface area contributed by atoms with E-state index in [0.29, 0.717) is 25.3 Å². The molecule has 7 heteroatoms. The molecule has 1 unspecified atom stereocenters. The van der Waals surface area contributed by atoms with Crippen molar-refractivity contribution in [1.29, 1.82) is 0 Å². The zero-order valence-electron chi connectivity index (χ0n) is 18.3. The minimum absolute atomic E-state index is 0.0495. The highest BCUT2D eigenvalue weighted by atomic mass is 19.1. The molecular weight excluding hydrogens is 395 g/mol. The average molecular weight is 423 g/mol. The lowest BCUT2D eigenvalue weighted by molar-refractivity contribution is -0.144. The zero-order chi connectivity index (χ0) is 22.2. The van der Waals surface area contributed by atoms with Gasteiger partial charge in [-0.05, 0) is 56.2 Å². The molecule has 1 atom stereocenters. The number of morpholine rings is 1. The first-order chi connectivity index (χ1) is 14.7. The molecule has 2 aromatic heterocycles. The van der Waals surface area contributed by atoms with Gasteiger partial charge in [0.1, 0.15) is 11.9 Å². The lowest BCUT2D eigenvalue weighted by Crippen LogP contribution is -2.49. The molecule has 0 N–H and O–H groups in total. The van der Waals surface area contributed by atoms with Gasteiger partial charge in [0.25, 0.3) is 0 Å². The minimum Gasteiger partial charge on any atom is -0.368 e. The Balaban J connectivity index is 1.57. The summed E-state index contributed by atoms with van der Waals surface area (Å²) in [6, 6.07) is 10.3. The number of carbonyl (C=O) groups excluding carboxylic acids is 1. The Hall–Kier alpha value is -3.06. The molecule has 0 radical (unpaired) electrons. The van der Waals surface area contributed by atoms with Crippen LogP contribution in [0.1, 0.15) is 36.9 Å². The Kier molecular flexibility index (Phi) is 5.62. The van der Waals surface area contributed by atoms with Crippen LogP contribution in [0, 0.1) is 12.7 Å². The van der Waals surface area contributed by atoms with Crippen molar-refractivity contribution in [3.05, 3.63) is 71.6 Å². The summed E-state index contributed by atoms with van der Waals surface area (Å²) in [5.74, 6) is -0.392. The number of aryl methyl sites for hydroxylation is 2. The van der Waals surface area contributed by atoms with Crippen LogP contribution in [0.5, 0.6) is 0 Å². The van der Waals surface area contributed by atoms with Crippen LogP contribution in [0.3, 0.4) is 0 Å². The van der Waals surface area contributed by atoms with Crippen molar-refractivity contribution in [2.24, 2.45) is 7.05 Å². The molecule has 4 rings (SSSR count). The predicted molar refractivity (Wildman–Crippen MR) is 116 cm³/mol. The molecular formula is C24H27FN4O2. The lowest BCUT2D eigenvalue weighted by atomic mass is 9.83. The van der Waals surface area contributed by atoms with Crippen LogP contribution < -0.4 is 0 Å². The topological polar surface area (TPSA) is 60.2 Å². The predicted octanol–water partition coefficient (Wildman–Crippen LogP) is 3.81. The Morgan fingerprint density at radius 2 is 2.03 bits per heavy atom. The van der Waals surface area contributed by atoms with Gasteiger partial charge in [0.15, 0.2) is 0 Å². The number of aromatic nitrogens is 3. The fourth-order valence-electron chi connectivity index (χ4n) is 4.00. The SMILES string of the molecule is Cc1cc(-c2cnn(C)c2)cc(C2CN(C(=O)C(C)(C)c3cccc(F)c3)CCO2)n1. The van der Waals surface area contributed by atoms with E-state index in [1.807, 2.05) is 52.3 Å². The molecule has 1 aliphatic rings. The summed E-state index contributed by atoms with van der Waals surface area (Å²) in [6.07, 6.45) is 3.45. The summed E-state index contributed by atoms with van der Waals surface area (Å²) < 4.78 is 21.5. The Morgan fingerprint density at radius 3 is 2.74 bits per heavy atom. The number of halogens is 1. The summed E-state index contributed by atoms with van der Waals surface area (Å²) in [6.45, 7) is 6.94. The average Bonchev–Trinajstić information content (AvgIpc) is 3.19. The van der Waals surface area contributed by atoms with Crippen LogP contribution in [0.15, 0.2) is 48.8 Å². The summed E-state index contributed by atoms with van der Waals surface area (Å²) in [5, 5.41) is 4.25. The number of nitrogens with zero attached hydrogens (tertiary/aromatic N) is 4. The summed E-state index contributed by atoms with van der Waals surface area (Å²) in [7, 11) is 1.88. The maximum Gasteiger partial charge on any atom is 0.232 e. The van der Waals surface area contributed by atoms with Crippen LogP contribution in [0.2, 0.25) is 0 Å². The first-order valence-electron chi connectivity index (χ1n) is 10.4. The van der Waals surface area contributed by atoms with E-state index >= 15 is 0 Å². The van der Waals surface area contributed by atoms with Crippen LogP contribution in [0.25, 0.3) is 11.1 Å². The smallest absolute Gasteiger partial charge is 0.232 e. The maximum atomic E-state index is 13.7. The van der Waals surface area contributed by atoms with Crippen molar-refractivity contribution in [3.63, 3.8) is 0 Å².